The zero-order valence-electron chi connectivity index (χ0n) is 18.1. The van der Waals surface area contributed by atoms with E-state index in [2.05, 4.69) is 10.2 Å². The number of hydrogen-bond acceptors (Lipinski definition) is 8. The van der Waals surface area contributed by atoms with Crippen LogP contribution in [0, 0.1) is 0 Å². The Morgan fingerprint density at radius 3 is 2.30 bits per heavy atom. The smallest absolute Gasteiger partial charge is 0.308 e. The predicted octanol–water partition coefficient (Wildman–Crippen LogP) is 4.58. The van der Waals surface area contributed by atoms with Crippen molar-refractivity contribution in [3.05, 3.63) is 60.7 Å². The molecule has 0 N–H and O–H groups in total. The maximum Gasteiger partial charge on any atom is 0.308 e. The number of esters is 2. The standard InChI is InChI=1S/C24H19N3O5S/c1-14(28)31-18-11-12-20(22(13-18)32-15(2)29)23-25-26-24(33-16(3)30)27(23)21-10-6-8-17-7-4-5-9-19(17)21/h4-13H,1-3H3. The summed E-state index contributed by atoms with van der Waals surface area (Å²) in [7, 11) is 0. The molecule has 0 radical (unpaired) electrons. The van der Waals surface area contributed by atoms with Crippen molar-refractivity contribution in [1.82, 2.24) is 14.8 Å². The molecule has 3 aromatic carbocycles. The molecule has 0 unspecified atom stereocenters. The Hall–Kier alpha value is -3.98. The minimum atomic E-state index is -0.550. The zero-order valence-corrected chi connectivity index (χ0v) is 18.9. The van der Waals surface area contributed by atoms with Gasteiger partial charge in [-0.15, -0.1) is 10.2 Å². The Morgan fingerprint density at radius 1 is 0.848 bits per heavy atom. The lowest BCUT2D eigenvalue weighted by Crippen LogP contribution is -2.07. The number of nitrogens with zero attached hydrogens (tertiary/aromatic N) is 3. The number of hydrogen-bond donors (Lipinski definition) is 0. The third kappa shape index (κ3) is 4.78. The summed E-state index contributed by atoms with van der Waals surface area (Å²) in [5.74, 6) is -0.325. The highest BCUT2D eigenvalue weighted by Gasteiger charge is 2.23. The van der Waals surface area contributed by atoms with Crippen LogP contribution in [0.4, 0.5) is 0 Å². The van der Waals surface area contributed by atoms with Gasteiger partial charge in [-0.25, -0.2) is 0 Å². The predicted molar refractivity (Wildman–Crippen MR) is 123 cm³/mol. The second-order valence-electron chi connectivity index (χ2n) is 7.08. The first kappa shape index (κ1) is 22.2. The quantitative estimate of drug-likeness (QED) is 0.242. The van der Waals surface area contributed by atoms with E-state index in [0.717, 1.165) is 28.2 Å². The molecule has 0 aliphatic carbocycles. The van der Waals surface area contributed by atoms with E-state index in [-0.39, 0.29) is 16.6 Å². The van der Waals surface area contributed by atoms with E-state index in [1.165, 1.54) is 26.8 Å². The number of benzene rings is 3. The fourth-order valence-corrected chi connectivity index (χ4v) is 4.03. The van der Waals surface area contributed by atoms with Crippen molar-refractivity contribution in [1.29, 1.82) is 0 Å². The molecular weight excluding hydrogens is 442 g/mol. The SMILES string of the molecule is CC(=O)Oc1ccc(-c2nnc(SC(C)=O)n2-c2cccc3ccccc23)c(OC(C)=O)c1. The molecule has 0 bridgehead atoms. The zero-order chi connectivity index (χ0) is 23.5. The van der Waals surface area contributed by atoms with Gasteiger partial charge in [0.1, 0.15) is 11.5 Å². The van der Waals surface area contributed by atoms with Crippen LogP contribution in [-0.2, 0) is 14.4 Å². The first-order chi connectivity index (χ1) is 15.8. The van der Waals surface area contributed by atoms with Gasteiger partial charge in [-0.05, 0) is 35.3 Å². The molecule has 0 saturated heterocycles. The molecule has 0 amide bonds. The van der Waals surface area contributed by atoms with Crippen molar-refractivity contribution in [3.8, 4) is 28.6 Å². The molecule has 9 heteroatoms. The summed E-state index contributed by atoms with van der Waals surface area (Å²) >= 11 is 0.949. The lowest BCUT2D eigenvalue weighted by Gasteiger charge is -2.15. The van der Waals surface area contributed by atoms with Crippen molar-refractivity contribution in [2.45, 2.75) is 25.9 Å². The van der Waals surface area contributed by atoms with Gasteiger partial charge < -0.3 is 9.47 Å². The van der Waals surface area contributed by atoms with Crippen molar-refractivity contribution in [2.75, 3.05) is 0 Å². The summed E-state index contributed by atoms with van der Waals surface area (Å²) < 4.78 is 12.3. The minimum absolute atomic E-state index is 0.148. The number of fused-ring (bicyclic) bond motifs is 1. The van der Waals surface area contributed by atoms with Gasteiger partial charge in [0.25, 0.3) is 0 Å². The summed E-state index contributed by atoms with van der Waals surface area (Å²) in [6.07, 6.45) is 0. The number of carbonyl (C=O) groups excluding carboxylic acids is 3. The van der Waals surface area contributed by atoms with Gasteiger partial charge in [0.2, 0.25) is 5.16 Å². The molecule has 1 heterocycles. The van der Waals surface area contributed by atoms with Crippen LogP contribution in [0.15, 0.2) is 65.8 Å². The van der Waals surface area contributed by atoms with Crippen LogP contribution in [0.5, 0.6) is 11.5 Å². The fraction of sp³-hybridized carbons (Fsp3) is 0.125. The van der Waals surface area contributed by atoms with Crippen molar-refractivity contribution in [2.24, 2.45) is 0 Å². The number of rotatable bonds is 5. The number of thioether (sulfide) groups is 1. The monoisotopic (exact) mass is 461 g/mol. The molecule has 1 aromatic heterocycles. The van der Waals surface area contributed by atoms with Gasteiger partial charge >= 0.3 is 11.9 Å². The van der Waals surface area contributed by atoms with Crippen LogP contribution in [0.25, 0.3) is 27.8 Å². The third-order valence-electron chi connectivity index (χ3n) is 4.59. The van der Waals surface area contributed by atoms with Crippen LogP contribution in [0.2, 0.25) is 0 Å². The van der Waals surface area contributed by atoms with E-state index < -0.39 is 11.9 Å². The van der Waals surface area contributed by atoms with Crippen LogP contribution < -0.4 is 9.47 Å². The minimum Gasteiger partial charge on any atom is -0.427 e. The molecule has 0 atom stereocenters. The molecule has 8 nitrogen and oxygen atoms in total. The summed E-state index contributed by atoms with van der Waals surface area (Å²) in [5.41, 5.74) is 1.20. The molecule has 0 aliphatic rings. The largest absolute Gasteiger partial charge is 0.427 e. The van der Waals surface area contributed by atoms with Gasteiger partial charge in [-0.3, -0.25) is 19.0 Å². The molecule has 0 fully saturated rings. The van der Waals surface area contributed by atoms with E-state index in [1.807, 2.05) is 42.5 Å². The topological polar surface area (TPSA) is 100 Å². The first-order valence-corrected chi connectivity index (χ1v) is 10.8. The van der Waals surface area contributed by atoms with Crippen molar-refractivity contribution >= 4 is 39.6 Å². The fourth-order valence-electron chi connectivity index (χ4n) is 3.42. The normalized spacial score (nSPS) is 10.8. The molecule has 0 aliphatic heterocycles. The summed E-state index contributed by atoms with van der Waals surface area (Å²) in [4.78, 5) is 35.1. The van der Waals surface area contributed by atoms with Gasteiger partial charge in [0.15, 0.2) is 10.9 Å². The van der Waals surface area contributed by atoms with Gasteiger partial charge in [-0.1, -0.05) is 36.4 Å². The van der Waals surface area contributed by atoms with Crippen LogP contribution in [0.1, 0.15) is 20.8 Å². The lowest BCUT2D eigenvalue weighted by atomic mass is 10.1. The molecule has 33 heavy (non-hydrogen) atoms. The number of ether oxygens (including phenoxy) is 2. The Bertz CT molecular complexity index is 1390. The maximum absolute atomic E-state index is 11.9. The summed E-state index contributed by atoms with van der Waals surface area (Å²) in [6, 6.07) is 18.2. The highest BCUT2D eigenvalue weighted by Crippen LogP contribution is 2.37. The molecular formula is C24H19N3O5S. The van der Waals surface area contributed by atoms with E-state index in [4.69, 9.17) is 9.47 Å². The lowest BCUT2D eigenvalue weighted by molar-refractivity contribution is -0.132. The van der Waals surface area contributed by atoms with E-state index in [0.29, 0.717) is 16.5 Å². The molecule has 4 rings (SSSR count). The van der Waals surface area contributed by atoms with Gasteiger partial charge in [-0.2, -0.15) is 0 Å². The average molecular weight is 461 g/mol. The van der Waals surface area contributed by atoms with Gasteiger partial charge in [0.05, 0.1) is 11.3 Å². The van der Waals surface area contributed by atoms with Crippen LogP contribution in [0.3, 0.4) is 0 Å². The third-order valence-corrected chi connectivity index (χ3v) is 5.32. The summed E-state index contributed by atoms with van der Waals surface area (Å²) in [5, 5.41) is 10.7. The average Bonchev–Trinajstić information content (AvgIpc) is 3.15. The van der Waals surface area contributed by atoms with Gasteiger partial charge in [0, 0.05) is 32.2 Å². The van der Waals surface area contributed by atoms with E-state index in [1.54, 1.807) is 16.7 Å². The first-order valence-electron chi connectivity index (χ1n) is 9.96. The number of carbonyl (C=O) groups is 3. The van der Waals surface area contributed by atoms with E-state index in [9.17, 15) is 14.4 Å². The summed E-state index contributed by atoms with van der Waals surface area (Å²) in [6.45, 7) is 4.00. The number of aromatic nitrogens is 3. The maximum atomic E-state index is 11.9. The van der Waals surface area contributed by atoms with Crippen molar-refractivity contribution in [3.63, 3.8) is 0 Å². The molecule has 0 saturated carbocycles. The van der Waals surface area contributed by atoms with Crippen molar-refractivity contribution < 1.29 is 23.9 Å². The second kappa shape index (κ2) is 9.25. The Morgan fingerprint density at radius 2 is 1.58 bits per heavy atom. The Balaban J connectivity index is 1.97. The van der Waals surface area contributed by atoms with Crippen LogP contribution >= 0.6 is 11.8 Å². The highest BCUT2D eigenvalue weighted by atomic mass is 32.2. The molecule has 166 valence electrons. The highest BCUT2D eigenvalue weighted by molar-refractivity contribution is 8.13. The molecule has 4 aromatic rings. The Kier molecular flexibility index (Phi) is 6.23. The van der Waals surface area contributed by atoms with E-state index >= 15 is 0 Å². The molecule has 0 spiro atoms. The second-order valence-corrected chi connectivity index (χ2v) is 8.22. The Labute approximate surface area is 193 Å². The van der Waals surface area contributed by atoms with Crippen LogP contribution in [-0.4, -0.2) is 31.8 Å².